The summed E-state index contributed by atoms with van der Waals surface area (Å²) in [6.07, 6.45) is 4.69. The lowest BCUT2D eigenvalue weighted by atomic mass is 10.1. The monoisotopic (exact) mass is 233 g/mol. The minimum Gasteiger partial charge on any atom is -0.381 e. The lowest BCUT2D eigenvalue weighted by Gasteiger charge is -2.15. The van der Waals surface area contributed by atoms with E-state index in [1.807, 2.05) is 0 Å². The van der Waals surface area contributed by atoms with Crippen LogP contribution in [0, 0.1) is 0 Å². The van der Waals surface area contributed by atoms with Gasteiger partial charge < -0.3 is 10.1 Å². The van der Waals surface area contributed by atoms with Gasteiger partial charge in [0.15, 0.2) is 0 Å². The second kappa shape index (κ2) is 6.77. The summed E-state index contributed by atoms with van der Waals surface area (Å²) >= 11 is 0. The van der Waals surface area contributed by atoms with Crippen LogP contribution < -0.4 is 5.32 Å². The molecule has 0 bridgehead atoms. The van der Waals surface area contributed by atoms with Gasteiger partial charge in [-0.25, -0.2) is 0 Å². The first-order valence-corrected chi connectivity index (χ1v) is 6.77. The maximum absolute atomic E-state index is 5.47. The molecule has 1 aliphatic rings. The van der Waals surface area contributed by atoms with E-state index in [0.717, 1.165) is 32.6 Å². The molecule has 2 nitrogen and oxygen atoms in total. The summed E-state index contributed by atoms with van der Waals surface area (Å²) in [7, 11) is 0. The first-order chi connectivity index (χ1) is 8.38. The lowest BCUT2D eigenvalue weighted by Crippen LogP contribution is -2.28. The zero-order valence-electron chi connectivity index (χ0n) is 10.7. The summed E-state index contributed by atoms with van der Waals surface area (Å²) in [6, 6.07) is 9.56. The molecule has 17 heavy (non-hydrogen) atoms. The smallest absolute Gasteiger partial charge is 0.0480 e. The fourth-order valence-electron chi connectivity index (χ4n) is 2.26. The average molecular weight is 233 g/mol. The van der Waals surface area contributed by atoms with Crippen molar-refractivity contribution in [3.05, 3.63) is 35.4 Å². The van der Waals surface area contributed by atoms with Gasteiger partial charge in [0.2, 0.25) is 0 Å². The normalized spacial score (nSPS) is 21.1. The number of nitrogens with one attached hydrogen (secondary N) is 1. The third-order valence-corrected chi connectivity index (χ3v) is 3.48. The topological polar surface area (TPSA) is 21.3 Å². The zero-order valence-corrected chi connectivity index (χ0v) is 10.7. The van der Waals surface area contributed by atoms with Crippen molar-refractivity contribution in [2.24, 2.45) is 0 Å². The number of aryl methyl sites for hydroxylation is 1. The molecule has 1 fully saturated rings. The Hall–Kier alpha value is -0.860. The molecular formula is C15H23NO. The molecule has 1 N–H and O–H groups in total. The molecule has 2 rings (SSSR count). The Balaban J connectivity index is 1.79. The van der Waals surface area contributed by atoms with Gasteiger partial charge in [-0.1, -0.05) is 31.2 Å². The highest BCUT2D eigenvalue weighted by Gasteiger charge is 2.11. The maximum atomic E-state index is 5.47. The van der Waals surface area contributed by atoms with Crippen LogP contribution >= 0.6 is 0 Å². The van der Waals surface area contributed by atoms with Gasteiger partial charge in [-0.3, -0.25) is 0 Å². The fraction of sp³-hybridized carbons (Fsp3) is 0.600. The van der Waals surface area contributed by atoms with Crippen LogP contribution in [0.5, 0.6) is 0 Å². The SMILES string of the molecule is CCc1ccc(CNC2CCCOCC2)cc1. The molecule has 1 atom stereocenters. The fourth-order valence-corrected chi connectivity index (χ4v) is 2.26. The van der Waals surface area contributed by atoms with Crippen LogP contribution in [0.25, 0.3) is 0 Å². The van der Waals surface area contributed by atoms with Crippen molar-refractivity contribution in [2.45, 2.75) is 45.2 Å². The maximum Gasteiger partial charge on any atom is 0.0480 e. The van der Waals surface area contributed by atoms with Crippen molar-refractivity contribution in [2.75, 3.05) is 13.2 Å². The van der Waals surface area contributed by atoms with Gasteiger partial charge >= 0.3 is 0 Å². The van der Waals surface area contributed by atoms with Crippen molar-refractivity contribution in [3.8, 4) is 0 Å². The first kappa shape index (κ1) is 12.6. The minimum absolute atomic E-state index is 0.628. The largest absolute Gasteiger partial charge is 0.381 e. The van der Waals surface area contributed by atoms with Crippen molar-refractivity contribution >= 4 is 0 Å². The molecule has 0 radical (unpaired) electrons. The van der Waals surface area contributed by atoms with Crippen molar-refractivity contribution < 1.29 is 4.74 Å². The van der Waals surface area contributed by atoms with Gasteiger partial charge in [-0.05, 0) is 36.8 Å². The van der Waals surface area contributed by atoms with E-state index in [9.17, 15) is 0 Å². The number of benzene rings is 1. The number of ether oxygens (including phenoxy) is 1. The molecule has 1 unspecified atom stereocenters. The van der Waals surface area contributed by atoms with E-state index in [-0.39, 0.29) is 0 Å². The third kappa shape index (κ3) is 4.14. The average Bonchev–Trinajstić information content (AvgIpc) is 2.65. The molecule has 0 aromatic heterocycles. The molecule has 1 aromatic rings. The molecule has 1 aromatic carbocycles. The predicted molar refractivity (Wildman–Crippen MR) is 71.1 cm³/mol. The number of hydrogen-bond donors (Lipinski definition) is 1. The van der Waals surface area contributed by atoms with Crippen molar-refractivity contribution in [1.29, 1.82) is 0 Å². The summed E-state index contributed by atoms with van der Waals surface area (Å²) in [5.41, 5.74) is 2.80. The predicted octanol–water partition coefficient (Wildman–Crippen LogP) is 2.91. The Bertz CT molecular complexity index is 312. The lowest BCUT2D eigenvalue weighted by molar-refractivity contribution is 0.142. The second-order valence-corrected chi connectivity index (χ2v) is 4.79. The van der Waals surface area contributed by atoms with Crippen LogP contribution in [0.15, 0.2) is 24.3 Å². The Morgan fingerprint density at radius 3 is 2.65 bits per heavy atom. The van der Waals surface area contributed by atoms with Gasteiger partial charge in [-0.15, -0.1) is 0 Å². The van der Waals surface area contributed by atoms with Crippen LogP contribution in [0.1, 0.15) is 37.3 Å². The van der Waals surface area contributed by atoms with Crippen LogP contribution in [0.4, 0.5) is 0 Å². The number of rotatable bonds is 4. The summed E-state index contributed by atoms with van der Waals surface area (Å²) in [6.45, 7) is 5.02. The molecule has 0 amide bonds. The quantitative estimate of drug-likeness (QED) is 0.863. The van der Waals surface area contributed by atoms with Gasteiger partial charge in [0.25, 0.3) is 0 Å². The first-order valence-electron chi connectivity index (χ1n) is 6.77. The molecular weight excluding hydrogens is 210 g/mol. The van der Waals surface area contributed by atoms with Crippen LogP contribution in [-0.4, -0.2) is 19.3 Å². The number of hydrogen-bond acceptors (Lipinski definition) is 2. The van der Waals surface area contributed by atoms with E-state index in [2.05, 4.69) is 36.5 Å². The molecule has 0 aliphatic carbocycles. The molecule has 0 spiro atoms. The Morgan fingerprint density at radius 2 is 1.88 bits per heavy atom. The van der Waals surface area contributed by atoms with Gasteiger partial charge in [0, 0.05) is 25.8 Å². The third-order valence-electron chi connectivity index (χ3n) is 3.48. The Kier molecular flexibility index (Phi) is 5.02. The van der Waals surface area contributed by atoms with E-state index < -0.39 is 0 Å². The van der Waals surface area contributed by atoms with E-state index in [1.165, 1.54) is 24.0 Å². The highest BCUT2D eigenvalue weighted by atomic mass is 16.5. The van der Waals surface area contributed by atoms with Crippen molar-refractivity contribution in [3.63, 3.8) is 0 Å². The Labute approximate surface area is 104 Å². The van der Waals surface area contributed by atoms with Crippen LogP contribution in [-0.2, 0) is 17.7 Å². The van der Waals surface area contributed by atoms with E-state index in [0.29, 0.717) is 6.04 Å². The molecule has 1 heterocycles. The van der Waals surface area contributed by atoms with Crippen LogP contribution in [0.3, 0.4) is 0 Å². The second-order valence-electron chi connectivity index (χ2n) is 4.79. The van der Waals surface area contributed by atoms with E-state index in [4.69, 9.17) is 4.74 Å². The van der Waals surface area contributed by atoms with Crippen molar-refractivity contribution in [1.82, 2.24) is 5.32 Å². The van der Waals surface area contributed by atoms with Gasteiger partial charge in [0.05, 0.1) is 0 Å². The highest BCUT2D eigenvalue weighted by molar-refractivity contribution is 5.22. The van der Waals surface area contributed by atoms with Gasteiger partial charge in [-0.2, -0.15) is 0 Å². The minimum atomic E-state index is 0.628. The summed E-state index contributed by atoms with van der Waals surface area (Å²) in [4.78, 5) is 0. The molecule has 1 saturated heterocycles. The standard InChI is InChI=1S/C15H23NO/c1-2-13-5-7-14(8-6-13)12-16-15-4-3-10-17-11-9-15/h5-8,15-16H,2-4,9-12H2,1H3. The summed E-state index contributed by atoms with van der Waals surface area (Å²) in [5, 5.41) is 3.64. The molecule has 0 saturated carbocycles. The van der Waals surface area contributed by atoms with Crippen LogP contribution in [0.2, 0.25) is 0 Å². The Morgan fingerprint density at radius 1 is 1.12 bits per heavy atom. The highest BCUT2D eigenvalue weighted by Crippen LogP contribution is 2.10. The molecule has 1 aliphatic heterocycles. The molecule has 94 valence electrons. The van der Waals surface area contributed by atoms with E-state index >= 15 is 0 Å². The summed E-state index contributed by atoms with van der Waals surface area (Å²) < 4.78 is 5.47. The molecule has 2 heteroatoms. The van der Waals surface area contributed by atoms with E-state index in [1.54, 1.807) is 0 Å². The summed E-state index contributed by atoms with van der Waals surface area (Å²) in [5.74, 6) is 0. The zero-order chi connectivity index (χ0) is 11.9. The van der Waals surface area contributed by atoms with Gasteiger partial charge in [0.1, 0.15) is 0 Å².